The van der Waals surface area contributed by atoms with Gasteiger partial charge < -0.3 is 0 Å². The number of terminal acetylenes is 1. The average molecular weight is 129 g/mol. The Hall–Kier alpha value is -0.340. The molecule has 0 aromatic heterocycles. The van der Waals surface area contributed by atoms with Crippen molar-refractivity contribution in [2.45, 2.75) is 25.9 Å². The second-order valence-corrected chi connectivity index (χ2v) is 4.78. The minimum Gasteiger partial charge on any atom is -0.0651 e. The van der Waals surface area contributed by atoms with Crippen LogP contribution < -0.4 is 0 Å². The van der Waals surface area contributed by atoms with Gasteiger partial charge in [0, 0.05) is 0 Å². The number of hydrogen-bond donors (Lipinski definition) is 0. The molecule has 1 atom stereocenters. The third-order valence-electron chi connectivity index (χ3n) is 0.727. The van der Waals surface area contributed by atoms with Gasteiger partial charge in [-0.25, -0.2) is 0 Å². The molecule has 0 spiro atoms. The molecule has 0 rings (SSSR count). The zero-order valence-corrected chi connectivity index (χ0v) is 6.33. The summed E-state index contributed by atoms with van der Waals surface area (Å²) in [5, 5.41) is -0.218. The molecule has 0 saturated heterocycles. The lowest BCUT2D eigenvalue weighted by molar-refractivity contribution is 0.572. The molecule has 2 heteroatoms. The van der Waals surface area contributed by atoms with Crippen molar-refractivity contribution in [3.8, 4) is 12.1 Å². The van der Waals surface area contributed by atoms with Gasteiger partial charge in [-0.1, -0.05) is 11.0 Å². The van der Waals surface area contributed by atoms with Crippen LogP contribution in [0.15, 0.2) is 0 Å². The van der Waals surface area contributed by atoms with Crippen LogP contribution in [0.5, 0.6) is 0 Å². The van der Waals surface area contributed by atoms with Crippen LogP contribution in [0.2, 0.25) is 0 Å². The Morgan fingerprint density at radius 3 is 1.88 bits per heavy atom. The summed E-state index contributed by atoms with van der Waals surface area (Å²) >= 11 is 0. The molecule has 1 nitrogen and oxygen atoms in total. The van der Waals surface area contributed by atoms with E-state index in [1.165, 1.54) is 0 Å². The molecule has 0 saturated carbocycles. The highest BCUT2D eigenvalue weighted by molar-refractivity contribution is 7.52. The molecule has 0 aromatic rings. The first-order chi connectivity index (χ1) is 3.48. The Kier molecular flexibility index (Phi) is 2.19. The van der Waals surface area contributed by atoms with E-state index in [9.17, 15) is 4.57 Å². The van der Waals surface area contributed by atoms with Gasteiger partial charge in [0.05, 0.1) is 0 Å². The van der Waals surface area contributed by atoms with Crippen LogP contribution >= 0.6 is 7.80 Å². The Bertz CT molecular complexity index is 136. The third-order valence-corrected chi connectivity index (χ3v) is 2.18. The molecule has 0 N–H and O–H groups in total. The first-order valence-corrected chi connectivity index (χ1v) is 3.68. The standard InChI is InChI=1S/C6H10OP/c1-5-8(7)6(2,3)4/h1H,2-4H3/q+1. The Labute approximate surface area is 51.3 Å². The lowest BCUT2D eigenvalue weighted by atomic mass is 10.3. The third kappa shape index (κ3) is 2.09. The van der Waals surface area contributed by atoms with E-state index >= 15 is 0 Å². The molecule has 0 amide bonds. The first-order valence-electron chi connectivity index (χ1n) is 2.42. The summed E-state index contributed by atoms with van der Waals surface area (Å²) in [4.78, 5) is 0. The van der Waals surface area contributed by atoms with E-state index < -0.39 is 7.80 Å². The van der Waals surface area contributed by atoms with Crippen molar-refractivity contribution in [1.82, 2.24) is 0 Å². The van der Waals surface area contributed by atoms with E-state index in [1.54, 1.807) is 0 Å². The van der Waals surface area contributed by atoms with Gasteiger partial charge in [0.25, 0.3) is 0 Å². The zero-order valence-electron chi connectivity index (χ0n) is 5.43. The molecule has 0 radical (unpaired) electrons. The smallest absolute Gasteiger partial charge is 0.0651 e. The fourth-order valence-electron chi connectivity index (χ4n) is 0.194. The number of rotatable bonds is 0. The molecule has 0 aliphatic rings. The molecular formula is C6H10OP+. The summed E-state index contributed by atoms with van der Waals surface area (Å²) in [6, 6.07) is 0. The second kappa shape index (κ2) is 2.29. The van der Waals surface area contributed by atoms with E-state index in [1.807, 2.05) is 20.8 Å². The van der Waals surface area contributed by atoms with E-state index in [2.05, 4.69) is 5.66 Å². The quantitative estimate of drug-likeness (QED) is 0.362. The molecule has 8 heavy (non-hydrogen) atoms. The van der Waals surface area contributed by atoms with E-state index in [-0.39, 0.29) is 5.16 Å². The highest BCUT2D eigenvalue weighted by atomic mass is 31.1. The first kappa shape index (κ1) is 7.66. The van der Waals surface area contributed by atoms with Crippen LogP contribution in [0.3, 0.4) is 0 Å². The van der Waals surface area contributed by atoms with Gasteiger partial charge in [-0.2, -0.15) is 0 Å². The summed E-state index contributed by atoms with van der Waals surface area (Å²) < 4.78 is 10.7. The normalized spacial score (nSPS) is 12.5. The van der Waals surface area contributed by atoms with Crippen molar-refractivity contribution in [2.75, 3.05) is 0 Å². The predicted octanol–water partition coefficient (Wildman–Crippen LogP) is 2.20. The molecular weight excluding hydrogens is 119 g/mol. The molecule has 0 bridgehead atoms. The van der Waals surface area contributed by atoms with Crippen molar-refractivity contribution < 1.29 is 4.57 Å². The van der Waals surface area contributed by atoms with Gasteiger partial charge in [-0.05, 0) is 20.8 Å². The van der Waals surface area contributed by atoms with E-state index in [0.717, 1.165) is 0 Å². The number of hydrogen-bond acceptors (Lipinski definition) is 1. The minimum atomic E-state index is -1.44. The topological polar surface area (TPSA) is 17.1 Å². The average Bonchev–Trinajstić information content (AvgIpc) is 1.62. The fourth-order valence-corrected chi connectivity index (χ4v) is 0.581. The zero-order chi connectivity index (χ0) is 6.78. The summed E-state index contributed by atoms with van der Waals surface area (Å²) in [7, 11) is -1.44. The van der Waals surface area contributed by atoms with Crippen molar-refractivity contribution in [1.29, 1.82) is 0 Å². The highest BCUT2D eigenvalue weighted by Gasteiger charge is 2.32. The van der Waals surface area contributed by atoms with E-state index in [4.69, 9.17) is 6.42 Å². The van der Waals surface area contributed by atoms with Crippen molar-refractivity contribution in [3.63, 3.8) is 0 Å². The summed E-state index contributed by atoms with van der Waals surface area (Å²) in [6.07, 6.45) is 4.92. The molecule has 0 aromatic carbocycles. The second-order valence-electron chi connectivity index (χ2n) is 2.59. The molecule has 0 aliphatic carbocycles. The summed E-state index contributed by atoms with van der Waals surface area (Å²) in [5.41, 5.74) is 2.21. The van der Waals surface area contributed by atoms with Crippen LogP contribution in [0, 0.1) is 12.1 Å². The van der Waals surface area contributed by atoms with Gasteiger partial charge >= 0.3 is 7.80 Å². The van der Waals surface area contributed by atoms with Crippen LogP contribution in [-0.4, -0.2) is 5.16 Å². The van der Waals surface area contributed by atoms with Crippen molar-refractivity contribution >= 4 is 7.80 Å². The Balaban J connectivity index is 4.09. The fraction of sp³-hybridized carbons (Fsp3) is 0.667. The SMILES string of the molecule is C#C[P+](=O)C(C)(C)C. The minimum absolute atomic E-state index is 0.218. The van der Waals surface area contributed by atoms with Gasteiger partial charge in [-0.3, -0.25) is 0 Å². The molecule has 0 aliphatic heterocycles. The van der Waals surface area contributed by atoms with Gasteiger partial charge in [-0.15, -0.1) is 0 Å². The molecule has 0 fully saturated rings. The summed E-state index contributed by atoms with van der Waals surface area (Å²) in [6.45, 7) is 5.60. The van der Waals surface area contributed by atoms with E-state index in [0.29, 0.717) is 0 Å². The van der Waals surface area contributed by atoms with Crippen LogP contribution in [0.25, 0.3) is 0 Å². The Morgan fingerprint density at radius 1 is 1.50 bits per heavy atom. The van der Waals surface area contributed by atoms with Crippen molar-refractivity contribution in [2.24, 2.45) is 0 Å². The highest BCUT2D eigenvalue weighted by Crippen LogP contribution is 2.35. The van der Waals surface area contributed by atoms with Gasteiger partial charge in [0.2, 0.25) is 0 Å². The summed E-state index contributed by atoms with van der Waals surface area (Å²) in [5.74, 6) is 0. The van der Waals surface area contributed by atoms with Crippen LogP contribution in [0.1, 0.15) is 20.8 Å². The maximum Gasteiger partial charge on any atom is 0.433 e. The van der Waals surface area contributed by atoms with Gasteiger partial charge in [0.15, 0.2) is 10.8 Å². The maximum atomic E-state index is 10.7. The predicted molar refractivity (Wildman–Crippen MR) is 36.2 cm³/mol. The van der Waals surface area contributed by atoms with Crippen LogP contribution in [-0.2, 0) is 4.57 Å². The maximum absolute atomic E-state index is 10.7. The monoisotopic (exact) mass is 129 g/mol. The molecule has 44 valence electrons. The largest absolute Gasteiger partial charge is 0.433 e. The lowest BCUT2D eigenvalue weighted by Crippen LogP contribution is -2.05. The van der Waals surface area contributed by atoms with Gasteiger partial charge in [0.1, 0.15) is 0 Å². The van der Waals surface area contributed by atoms with Crippen LogP contribution in [0.4, 0.5) is 0 Å². The molecule has 0 heterocycles. The van der Waals surface area contributed by atoms with Crippen molar-refractivity contribution in [3.05, 3.63) is 0 Å². The molecule has 1 unspecified atom stereocenters. The lowest BCUT2D eigenvalue weighted by Gasteiger charge is -1.97. The Morgan fingerprint density at radius 2 is 1.88 bits per heavy atom.